The highest BCUT2D eigenvalue weighted by molar-refractivity contribution is 9.10. The summed E-state index contributed by atoms with van der Waals surface area (Å²) in [5.74, 6) is 0.346. The summed E-state index contributed by atoms with van der Waals surface area (Å²) < 4.78 is 7.37. The molecule has 7 nitrogen and oxygen atoms in total. The third-order valence-electron chi connectivity index (χ3n) is 9.42. The van der Waals surface area contributed by atoms with E-state index >= 15 is 0 Å². The average Bonchev–Trinajstić information content (AvgIpc) is 3.40. The molecule has 2 aliphatic heterocycles. The van der Waals surface area contributed by atoms with Crippen molar-refractivity contribution < 1.29 is 14.3 Å². The van der Waals surface area contributed by atoms with Crippen LogP contribution in [0.15, 0.2) is 15.5 Å². The average molecular weight is 642 g/mol. The van der Waals surface area contributed by atoms with Gasteiger partial charge in [-0.1, -0.05) is 72.3 Å². The summed E-state index contributed by atoms with van der Waals surface area (Å²) in [5, 5.41) is 2.81. The quantitative estimate of drug-likeness (QED) is 0.216. The zero-order valence-corrected chi connectivity index (χ0v) is 28.2. The number of fused-ring (bicyclic) bond motifs is 3. The molecule has 2 aromatic rings. The second-order valence-corrected chi connectivity index (χ2v) is 13.9. The number of unbranched alkanes of at least 4 members (excludes halogenated alkanes) is 4. The van der Waals surface area contributed by atoms with Crippen LogP contribution in [0.5, 0.6) is 6.01 Å². The van der Waals surface area contributed by atoms with Crippen molar-refractivity contribution in [1.82, 2.24) is 9.97 Å². The molecular weight excluding hydrogens is 592 g/mol. The lowest BCUT2D eigenvalue weighted by Crippen LogP contribution is -2.37. The molecule has 1 aromatic carbocycles. The molecule has 1 fully saturated rings. The Labute approximate surface area is 259 Å². The van der Waals surface area contributed by atoms with Gasteiger partial charge < -0.3 is 9.64 Å². The number of halogens is 1. The van der Waals surface area contributed by atoms with E-state index in [1.165, 1.54) is 32.1 Å². The Kier molecular flexibility index (Phi) is 10.8. The number of aromatic nitrogens is 2. The fourth-order valence-corrected chi connectivity index (χ4v) is 6.98. The highest BCUT2D eigenvalue weighted by Crippen LogP contribution is 2.35. The summed E-state index contributed by atoms with van der Waals surface area (Å²) in [7, 11) is 0. The van der Waals surface area contributed by atoms with Gasteiger partial charge in [0, 0.05) is 40.0 Å². The lowest BCUT2D eigenvalue weighted by molar-refractivity contribution is -0.128. The third kappa shape index (κ3) is 7.23. The van der Waals surface area contributed by atoms with Gasteiger partial charge in [0.05, 0.1) is 28.9 Å². The smallest absolute Gasteiger partial charge is 0.318 e. The number of carbonyl (C=O) groups is 2. The number of rotatable bonds is 14. The summed E-state index contributed by atoms with van der Waals surface area (Å²) in [5.41, 5.74) is 0.821. The third-order valence-corrected chi connectivity index (χ3v) is 10.0. The van der Waals surface area contributed by atoms with Crippen LogP contribution in [0, 0.1) is 23.2 Å². The van der Waals surface area contributed by atoms with Crippen LogP contribution in [0.1, 0.15) is 99.8 Å². The van der Waals surface area contributed by atoms with Crippen molar-refractivity contribution in [3.63, 3.8) is 0 Å². The number of hydrogen-bond donors (Lipinski definition) is 0. The van der Waals surface area contributed by atoms with Crippen molar-refractivity contribution in [2.24, 2.45) is 28.2 Å². The molecule has 2 aliphatic rings. The van der Waals surface area contributed by atoms with Crippen molar-refractivity contribution in [1.29, 1.82) is 0 Å². The molecule has 0 bridgehead atoms. The van der Waals surface area contributed by atoms with E-state index in [0.717, 1.165) is 51.0 Å². The first kappa shape index (κ1) is 32.6. The van der Waals surface area contributed by atoms with Gasteiger partial charge in [-0.3, -0.25) is 14.6 Å². The Morgan fingerprint density at radius 3 is 2.26 bits per heavy atom. The second-order valence-electron chi connectivity index (χ2n) is 13.1. The monoisotopic (exact) mass is 640 g/mol. The van der Waals surface area contributed by atoms with Crippen LogP contribution in [0.2, 0.25) is 0 Å². The van der Waals surface area contributed by atoms with E-state index in [9.17, 15) is 9.59 Å². The number of ketones is 2. The van der Waals surface area contributed by atoms with Crippen LogP contribution >= 0.6 is 15.9 Å². The number of benzene rings is 1. The molecule has 0 N–H and O–H groups in total. The van der Waals surface area contributed by atoms with Gasteiger partial charge in [-0.2, -0.15) is 9.97 Å². The Hall–Kier alpha value is -2.35. The van der Waals surface area contributed by atoms with Gasteiger partial charge >= 0.3 is 6.01 Å². The maximum atomic E-state index is 12.6. The molecule has 0 radical (unpaired) electrons. The van der Waals surface area contributed by atoms with E-state index in [4.69, 9.17) is 19.7 Å². The second kappa shape index (κ2) is 14.0. The van der Waals surface area contributed by atoms with Crippen LogP contribution in [0.25, 0.3) is 17.0 Å². The number of carbonyl (C=O) groups excluding carboxylic acids is 2. The van der Waals surface area contributed by atoms with Crippen molar-refractivity contribution in [3.8, 4) is 6.01 Å². The normalized spacial score (nSPS) is 23.2. The van der Waals surface area contributed by atoms with Gasteiger partial charge in [-0.15, -0.1) is 0 Å². The van der Waals surface area contributed by atoms with Gasteiger partial charge in [0.15, 0.2) is 0 Å². The predicted molar refractivity (Wildman–Crippen MR) is 174 cm³/mol. The topological polar surface area (TPSA) is 84.8 Å². The molecule has 5 atom stereocenters. The van der Waals surface area contributed by atoms with Gasteiger partial charge in [-0.25, -0.2) is 0 Å². The van der Waals surface area contributed by atoms with Crippen LogP contribution in [-0.4, -0.2) is 47.3 Å². The Morgan fingerprint density at radius 1 is 1.00 bits per heavy atom. The minimum Gasteiger partial charge on any atom is -0.463 e. The van der Waals surface area contributed by atoms with Crippen LogP contribution in [-0.2, 0) is 9.59 Å². The zero-order valence-electron chi connectivity index (χ0n) is 26.6. The predicted octanol–water partition coefficient (Wildman–Crippen LogP) is 6.61. The molecule has 1 saturated heterocycles. The van der Waals surface area contributed by atoms with Gasteiger partial charge in [0.2, 0.25) is 0 Å². The maximum absolute atomic E-state index is 12.6. The van der Waals surface area contributed by atoms with E-state index in [-0.39, 0.29) is 40.8 Å². The van der Waals surface area contributed by atoms with Crippen LogP contribution < -0.4 is 20.2 Å². The number of anilines is 1. The van der Waals surface area contributed by atoms with Crippen LogP contribution in [0.4, 0.5) is 5.82 Å². The Bertz CT molecular complexity index is 1400. The first-order valence-corrected chi connectivity index (χ1v) is 16.8. The summed E-state index contributed by atoms with van der Waals surface area (Å²) in [4.78, 5) is 42.2. The fourth-order valence-electron chi connectivity index (χ4n) is 6.44. The molecule has 0 spiro atoms. The Balaban J connectivity index is 1.79. The van der Waals surface area contributed by atoms with Crippen LogP contribution in [0.3, 0.4) is 0 Å². The fraction of sp³-hybridized carbons (Fsp3) is 0.676. The maximum Gasteiger partial charge on any atom is 0.318 e. The standard InChI is InChI=1S/C34H49BrN4O3/c1-8-10-12-13-15-34(7,14-11-9-2)20-42-33-37-29-17-28(35)31-25(16-21(3)22(4)36-31)30(29)32(38-33)39-18-26(23(5)40)27(19-39)24(6)41/h16-17,21-22,26-27H,8-15,18-20H2,1-7H3. The molecule has 42 heavy (non-hydrogen) atoms. The van der Waals surface area contributed by atoms with E-state index in [2.05, 4.69) is 61.5 Å². The van der Waals surface area contributed by atoms with Gasteiger partial charge in [0.25, 0.3) is 0 Å². The van der Waals surface area contributed by atoms with E-state index in [1.54, 1.807) is 13.8 Å². The number of ether oxygens (including phenoxy) is 1. The van der Waals surface area contributed by atoms with E-state index in [1.807, 2.05) is 6.07 Å². The van der Waals surface area contributed by atoms with Gasteiger partial charge in [-0.05, 0) is 61.5 Å². The molecule has 0 aliphatic carbocycles. The summed E-state index contributed by atoms with van der Waals surface area (Å²) >= 11 is 3.76. The molecular formula is C34H49BrN4O3. The molecule has 230 valence electrons. The summed E-state index contributed by atoms with van der Waals surface area (Å²) in [6, 6.07) is 2.52. The number of Topliss-reactive ketones (excluding diaryl/α,β-unsaturated/α-hetero) is 2. The number of nitrogens with zero attached hydrogens (tertiary/aromatic N) is 4. The molecule has 8 heteroatoms. The molecule has 0 amide bonds. The first-order valence-electron chi connectivity index (χ1n) is 16.0. The highest BCUT2D eigenvalue weighted by Gasteiger charge is 2.40. The van der Waals surface area contributed by atoms with Crippen molar-refractivity contribution in [2.75, 3.05) is 24.6 Å². The van der Waals surface area contributed by atoms with Gasteiger partial charge in [0.1, 0.15) is 17.4 Å². The molecule has 1 aromatic heterocycles. The number of hydrogen-bond acceptors (Lipinski definition) is 7. The molecule has 4 rings (SSSR count). The Morgan fingerprint density at radius 2 is 1.64 bits per heavy atom. The summed E-state index contributed by atoms with van der Waals surface area (Å²) in [6.45, 7) is 15.7. The minimum atomic E-state index is -0.351. The molecule has 3 heterocycles. The van der Waals surface area contributed by atoms with E-state index < -0.39 is 0 Å². The largest absolute Gasteiger partial charge is 0.463 e. The zero-order chi connectivity index (χ0) is 30.6. The van der Waals surface area contributed by atoms with Crippen molar-refractivity contribution in [3.05, 3.63) is 21.1 Å². The van der Waals surface area contributed by atoms with Crippen molar-refractivity contribution >= 4 is 50.3 Å². The van der Waals surface area contributed by atoms with E-state index in [0.29, 0.717) is 25.7 Å². The van der Waals surface area contributed by atoms with Crippen molar-refractivity contribution in [2.45, 2.75) is 106 Å². The lowest BCUT2D eigenvalue weighted by atomic mass is 9.81. The highest BCUT2D eigenvalue weighted by atomic mass is 79.9. The molecule has 5 unspecified atom stereocenters. The first-order chi connectivity index (χ1) is 20.0. The minimum absolute atomic E-state index is 0.0380. The summed E-state index contributed by atoms with van der Waals surface area (Å²) in [6.07, 6.45) is 11.7. The SMILES string of the molecule is CCCCCCC(C)(CCCC)COc1nc(N2CC(C(C)=O)C(C(C)=O)C2)c2c3c(c(Br)cc2n1)=NC(C)C(C)C=3. The lowest BCUT2D eigenvalue weighted by Gasteiger charge is -2.29. The molecule has 0 saturated carbocycles.